The maximum atomic E-state index is 2.47. The lowest BCUT2D eigenvalue weighted by Gasteiger charge is -2.25. The highest BCUT2D eigenvalue weighted by Crippen LogP contribution is 2.43. The summed E-state index contributed by atoms with van der Waals surface area (Å²) in [6, 6.07) is 0. The van der Waals surface area contributed by atoms with Gasteiger partial charge < -0.3 is 0 Å². The molecule has 106 valence electrons. The van der Waals surface area contributed by atoms with Crippen LogP contribution in [0.2, 0.25) is 0 Å². The van der Waals surface area contributed by atoms with Crippen molar-refractivity contribution in [3.05, 3.63) is 24.3 Å². The van der Waals surface area contributed by atoms with Crippen molar-refractivity contribution >= 4 is 0 Å². The van der Waals surface area contributed by atoms with Crippen molar-refractivity contribution < 1.29 is 0 Å². The van der Waals surface area contributed by atoms with Crippen LogP contribution in [0.15, 0.2) is 24.3 Å². The largest absolute Gasteiger partial charge is 0.0840 e. The highest BCUT2D eigenvalue weighted by molar-refractivity contribution is 5.11. The first-order valence-electron chi connectivity index (χ1n) is 8.66. The average Bonchev–Trinajstić information content (AvgIpc) is 2.74. The van der Waals surface area contributed by atoms with E-state index in [4.69, 9.17) is 0 Å². The Morgan fingerprint density at radius 1 is 0.789 bits per heavy atom. The minimum Gasteiger partial charge on any atom is -0.0840 e. The van der Waals surface area contributed by atoms with Crippen molar-refractivity contribution in [2.45, 2.75) is 64.7 Å². The molecule has 0 heterocycles. The lowest BCUT2D eigenvalue weighted by molar-refractivity contribution is 0.285. The lowest BCUT2D eigenvalue weighted by Crippen LogP contribution is -2.14. The molecule has 0 aromatic rings. The summed E-state index contributed by atoms with van der Waals surface area (Å²) in [7, 11) is 0. The van der Waals surface area contributed by atoms with Crippen LogP contribution in [0.5, 0.6) is 0 Å². The average molecular weight is 258 g/mol. The molecule has 0 heteroatoms. The van der Waals surface area contributed by atoms with Crippen molar-refractivity contribution in [3.63, 3.8) is 0 Å². The third-order valence-electron chi connectivity index (χ3n) is 6.08. The molecule has 0 spiro atoms. The van der Waals surface area contributed by atoms with Gasteiger partial charge in [-0.05, 0) is 68.1 Å². The predicted molar refractivity (Wildman–Crippen MR) is 83.0 cm³/mol. The molecular formula is C19H30. The van der Waals surface area contributed by atoms with Gasteiger partial charge in [0.2, 0.25) is 0 Å². The number of rotatable bonds is 2. The summed E-state index contributed by atoms with van der Waals surface area (Å²) in [4.78, 5) is 0. The summed E-state index contributed by atoms with van der Waals surface area (Å²) in [5.41, 5.74) is 0. The molecule has 0 aromatic carbocycles. The van der Waals surface area contributed by atoms with Crippen LogP contribution in [0, 0.1) is 29.6 Å². The Balaban J connectivity index is 1.53. The molecule has 2 fully saturated rings. The molecule has 0 aliphatic heterocycles. The van der Waals surface area contributed by atoms with Gasteiger partial charge in [0, 0.05) is 0 Å². The van der Waals surface area contributed by atoms with E-state index in [1.54, 1.807) is 0 Å². The quantitative estimate of drug-likeness (QED) is 0.553. The molecule has 0 bridgehead atoms. The molecule has 2 saturated carbocycles. The first-order valence-corrected chi connectivity index (χ1v) is 8.66. The Bertz CT molecular complexity index is 338. The van der Waals surface area contributed by atoms with Gasteiger partial charge in [-0.15, -0.1) is 0 Å². The van der Waals surface area contributed by atoms with Gasteiger partial charge in [-0.2, -0.15) is 0 Å². The zero-order valence-corrected chi connectivity index (χ0v) is 12.6. The van der Waals surface area contributed by atoms with Crippen molar-refractivity contribution in [3.8, 4) is 0 Å². The van der Waals surface area contributed by atoms with Crippen LogP contribution in [0.1, 0.15) is 64.7 Å². The lowest BCUT2D eigenvalue weighted by atomic mass is 9.81. The molecule has 3 aliphatic rings. The molecule has 0 N–H and O–H groups in total. The summed E-state index contributed by atoms with van der Waals surface area (Å²) < 4.78 is 0. The van der Waals surface area contributed by atoms with Crippen LogP contribution in [0.4, 0.5) is 0 Å². The second kappa shape index (κ2) is 6.29. The monoisotopic (exact) mass is 258 g/mol. The van der Waals surface area contributed by atoms with E-state index in [2.05, 4.69) is 31.2 Å². The molecule has 3 rings (SSSR count). The Labute approximate surface area is 119 Å². The topological polar surface area (TPSA) is 0 Å². The fourth-order valence-electron chi connectivity index (χ4n) is 4.89. The van der Waals surface area contributed by atoms with Crippen LogP contribution < -0.4 is 0 Å². The first kappa shape index (κ1) is 13.5. The normalized spacial score (nSPS) is 43.3. The molecule has 19 heavy (non-hydrogen) atoms. The van der Waals surface area contributed by atoms with E-state index >= 15 is 0 Å². The van der Waals surface area contributed by atoms with E-state index in [1.807, 2.05) is 0 Å². The van der Waals surface area contributed by atoms with Crippen molar-refractivity contribution in [1.29, 1.82) is 0 Å². The highest BCUT2D eigenvalue weighted by Gasteiger charge is 2.31. The smallest absolute Gasteiger partial charge is 0.0167 e. The number of hydrogen-bond acceptors (Lipinski definition) is 0. The molecule has 3 unspecified atom stereocenters. The van der Waals surface area contributed by atoms with Gasteiger partial charge in [-0.1, -0.05) is 50.5 Å². The Hall–Kier alpha value is -0.520. The minimum absolute atomic E-state index is 0.853. The third-order valence-corrected chi connectivity index (χ3v) is 6.08. The first-order chi connectivity index (χ1) is 9.33. The second-order valence-electron chi connectivity index (χ2n) is 7.42. The molecule has 0 radical (unpaired) electrons. The van der Waals surface area contributed by atoms with Gasteiger partial charge in [0.15, 0.2) is 0 Å². The fourth-order valence-corrected chi connectivity index (χ4v) is 4.89. The Kier molecular flexibility index (Phi) is 4.45. The Morgan fingerprint density at radius 2 is 1.58 bits per heavy atom. The van der Waals surface area contributed by atoms with Crippen molar-refractivity contribution in [2.24, 2.45) is 29.6 Å². The van der Waals surface area contributed by atoms with E-state index in [9.17, 15) is 0 Å². The van der Waals surface area contributed by atoms with E-state index < -0.39 is 0 Å². The SMILES string of the molecule is CC1CC[C@H](C2CCCC([C@H]3C=CC=CC3)CC2)C1. The van der Waals surface area contributed by atoms with Crippen LogP contribution in [0.3, 0.4) is 0 Å². The van der Waals surface area contributed by atoms with Crippen LogP contribution in [-0.4, -0.2) is 0 Å². The van der Waals surface area contributed by atoms with Crippen molar-refractivity contribution in [1.82, 2.24) is 0 Å². The number of hydrogen-bond donors (Lipinski definition) is 0. The molecule has 0 aromatic heterocycles. The van der Waals surface area contributed by atoms with Gasteiger partial charge in [0.25, 0.3) is 0 Å². The van der Waals surface area contributed by atoms with E-state index in [0.29, 0.717) is 0 Å². The van der Waals surface area contributed by atoms with Crippen LogP contribution >= 0.6 is 0 Å². The van der Waals surface area contributed by atoms with Crippen LogP contribution in [-0.2, 0) is 0 Å². The predicted octanol–water partition coefficient (Wildman–Crippen LogP) is 5.75. The van der Waals surface area contributed by atoms with E-state index in [0.717, 1.165) is 29.6 Å². The summed E-state index contributed by atoms with van der Waals surface area (Å²) in [6.45, 7) is 2.46. The summed E-state index contributed by atoms with van der Waals surface area (Å²) in [5, 5.41) is 0. The maximum Gasteiger partial charge on any atom is -0.0167 e. The van der Waals surface area contributed by atoms with Gasteiger partial charge in [-0.25, -0.2) is 0 Å². The molecule has 0 amide bonds. The zero-order chi connectivity index (χ0) is 13.1. The molecular weight excluding hydrogens is 228 g/mol. The Morgan fingerprint density at radius 3 is 2.32 bits per heavy atom. The summed E-state index contributed by atoms with van der Waals surface area (Å²) in [5.74, 6) is 4.99. The third kappa shape index (κ3) is 3.33. The minimum atomic E-state index is 0.853. The molecule has 0 nitrogen and oxygen atoms in total. The molecule has 5 atom stereocenters. The maximum absolute atomic E-state index is 2.47. The van der Waals surface area contributed by atoms with Gasteiger partial charge in [-0.3, -0.25) is 0 Å². The van der Waals surface area contributed by atoms with Crippen LogP contribution in [0.25, 0.3) is 0 Å². The standard InChI is InChI=1S/C19H30/c1-15-10-11-19(14-15)18-9-5-8-17(12-13-18)16-6-3-2-4-7-16/h2-4,6,15-19H,5,7-14H2,1H3/t15?,16-,17?,18?,19-/m0/s1. The van der Waals surface area contributed by atoms with E-state index in [1.165, 1.54) is 57.8 Å². The fraction of sp³-hybridized carbons (Fsp3) is 0.789. The summed E-state index contributed by atoms with van der Waals surface area (Å²) >= 11 is 0. The molecule has 0 saturated heterocycles. The van der Waals surface area contributed by atoms with E-state index in [-0.39, 0.29) is 0 Å². The van der Waals surface area contributed by atoms with Gasteiger partial charge >= 0.3 is 0 Å². The second-order valence-corrected chi connectivity index (χ2v) is 7.42. The highest BCUT2D eigenvalue weighted by atomic mass is 14.4. The number of allylic oxidation sites excluding steroid dienone is 4. The van der Waals surface area contributed by atoms with Crippen molar-refractivity contribution in [2.75, 3.05) is 0 Å². The van der Waals surface area contributed by atoms with Gasteiger partial charge in [0.05, 0.1) is 0 Å². The molecule has 3 aliphatic carbocycles. The summed E-state index contributed by atoms with van der Waals surface area (Å²) in [6.07, 6.45) is 22.7. The van der Waals surface area contributed by atoms with Gasteiger partial charge in [0.1, 0.15) is 0 Å². The zero-order valence-electron chi connectivity index (χ0n) is 12.6.